The van der Waals surface area contributed by atoms with E-state index in [1.165, 1.54) is 27.8 Å². The Morgan fingerprint density at radius 1 is 1.17 bits per heavy atom. The number of aromatic nitrogens is 5. The predicted octanol–water partition coefficient (Wildman–Crippen LogP) is 2.13. The van der Waals surface area contributed by atoms with E-state index in [9.17, 15) is 4.79 Å². The minimum absolute atomic E-state index is 0.187. The largest absolute Gasteiger partial charge is 0.383 e. The summed E-state index contributed by atoms with van der Waals surface area (Å²) in [5.74, 6) is 0.711. The first-order valence-corrected chi connectivity index (χ1v) is 8.55. The zero-order chi connectivity index (χ0) is 15.8. The third-order valence-electron chi connectivity index (χ3n) is 3.28. The highest BCUT2D eigenvalue weighted by atomic mass is 32.2. The maximum Gasteiger partial charge on any atom is 0.278 e. The molecule has 3 heterocycles. The van der Waals surface area contributed by atoms with E-state index in [2.05, 4.69) is 20.3 Å². The lowest BCUT2D eigenvalue weighted by Crippen LogP contribution is -2.23. The minimum atomic E-state index is -0.187. The molecular formula is C14H10N6OS2. The number of nitrogens with zero attached hydrogens (tertiary/aromatic N) is 5. The fourth-order valence-corrected chi connectivity index (χ4v) is 3.70. The van der Waals surface area contributed by atoms with Crippen LogP contribution in [-0.4, -0.2) is 25.0 Å². The molecule has 0 aliphatic carbocycles. The molecule has 0 unspecified atom stereocenters. The molecule has 2 N–H and O–H groups in total. The lowest BCUT2D eigenvalue weighted by atomic mass is 10.2. The van der Waals surface area contributed by atoms with E-state index in [1.54, 1.807) is 18.2 Å². The molecule has 0 atom stereocenters. The Morgan fingerprint density at radius 3 is 2.96 bits per heavy atom. The Kier molecular flexibility index (Phi) is 3.43. The number of hydrogen-bond acceptors (Lipinski definition) is 8. The number of hydrogen-bond donors (Lipinski definition) is 1. The van der Waals surface area contributed by atoms with Gasteiger partial charge >= 0.3 is 0 Å². The van der Waals surface area contributed by atoms with Gasteiger partial charge in [0.15, 0.2) is 5.16 Å². The van der Waals surface area contributed by atoms with Crippen LogP contribution in [0.5, 0.6) is 0 Å². The van der Waals surface area contributed by atoms with Crippen LogP contribution >= 0.6 is 23.1 Å². The van der Waals surface area contributed by atoms with Gasteiger partial charge in [-0.3, -0.25) is 4.79 Å². The second kappa shape index (κ2) is 5.60. The van der Waals surface area contributed by atoms with Crippen LogP contribution in [0.25, 0.3) is 21.1 Å². The van der Waals surface area contributed by atoms with Crippen LogP contribution in [0.1, 0.15) is 0 Å². The van der Waals surface area contributed by atoms with E-state index in [1.807, 2.05) is 17.5 Å². The topological polar surface area (TPSA) is 99.6 Å². The molecule has 23 heavy (non-hydrogen) atoms. The van der Waals surface area contributed by atoms with E-state index >= 15 is 0 Å². The summed E-state index contributed by atoms with van der Waals surface area (Å²) >= 11 is 2.79. The first-order chi connectivity index (χ1) is 11.2. The van der Waals surface area contributed by atoms with Crippen LogP contribution < -0.4 is 11.3 Å². The molecule has 114 valence electrons. The number of nitrogen functional groups attached to an aromatic ring is 1. The smallest absolute Gasteiger partial charge is 0.278 e. The summed E-state index contributed by atoms with van der Waals surface area (Å²) in [7, 11) is 0. The highest BCUT2D eigenvalue weighted by molar-refractivity contribution is 7.98. The van der Waals surface area contributed by atoms with Crippen LogP contribution in [0.3, 0.4) is 0 Å². The van der Waals surface area contributed by atoms with Gasteiger partial charge in [0, 0.05) is 0 Å². The molecule has 0 saturated heterocycles. The quantitative estimate of drug-likeness (QED) is 0.449. The summed E-state index contributed by atoms with van der Waals surface area (Å²) in [5, 5.41) is 11.8. The zero-order valence-electron chi connectivity index (χ0n) is 11.7. The van der Waals surface area contributed by atoms with Crippen molar-refractivity contribution in [3.63, 3.8) is 0 Å². The monoisotopic (exact) mass is 342 g/mol. The van der Waals surface area contributed by atoms with Gasteiger partial charge in [-0.25, -0.2) is 9.97 Å². The average molecular weight is 342 g/mol. The van der Waals surface area contributed by atoms with Crippen molar-refractivity contribution in [3.05, 3.63) is 46.1 Å². The zero-order valence-corrected chi connectivity index (χ0v) is 13.3. The van der Waals surface area contributed by atoms with Crippen LogP contribution in [0.2, 0.25) is 0 Å². The van der Waals surface area contributed by atoms with Gasteiger partial charge in [0.05, 0.1) is 16.6 Å². The highest BCUT2D eigenvalue weighted by Gasteiger charge is 2.09. The van der Waals surface area contributed by atoms with Crippen molar-refractivity contribution >= 4 is 50.0 Å². The summed E-state index contributed by atoms with van der Waals surface area (Å²) in [6, 6.07) is 9.01. The number of benzene rings is 1. The molecule has 0 aliphatic rings. The molecule has 9 heteroatoms. The molecule has 4 aromatic rings. The van der Waals surface area contributed by atoms with Crippen molar-refractivity contribution in [2.45, 2.75) is 11.0 Å². The number of thiophene rings is 1. The molecule has 0 fully saturated rings. The van der Waals surface area contributed by atoms with Crippen molar-refractivity contribution in [2.75, 3.05) is 5.73 Å². The Labute approximate surface area is 138 Å². The van der Waals surface area contributed by atoms with E-state index in [-0.39, 0.29) is 11.4 Å². The van der Waals surface area contributed by atoms with Crippen molar-refractivity contribution in [2.24, 2.45) is 0 Å². The van der Waals surface area contributed by atoms with Crippen molar-refractivity contribution < 1.29 is 0 Å². The average Bonchev–Trinajstić information content (AvgIpc) is 3.04. The van der Waals surface area contributed by atoms with E-state index in [0.29, 0.717) is 21.9 Å². The third-order valence-corrected chi connectivity index (χ3v) is 4.90. The Balaban J connectivity index is 1.65. The number of anilines is 1. The van der Waals surface area contributed by atoms with Gasteiger partial charge in [-0.15, -0.1) is 16.4 Å². The van der Waals surface area contributed by atoms with E-state index in [4.69, 9.17) is 5.73 Å². The second-order valence-corrected chi connectivity index (χ2v) is 6.52. The number of rotatable bonds is 3. The second-order valence-electron chi connectivity index (χ2n) is 4.72. The highest BCUT2D eigenvalue weighted by Crippen LogP contribution is 2.26. The summed E-state index contributed by atoms with van der Waals surface area (Å²) < 4.78 is 1.30. The molecule has 0 bridgehead atoms. The lowest BCUT2D eigenvalue weighted by Gasteiger charge is -2.04. The van der Waals surface area contributed by atoms with Crippen molar-refractivity contribution in [1.82, 2.24) is 25.0 Å². The molecule has 0 aliphatic heterocycles. The van der Waals surface area contributed by atoms with Crippen molar-refractivity contribution in [3.8, 4) is 0 Å². The SMILES string of the molecule is Nc1nc(SCn2nnc3ccccc3c2=O)nc2sccc12. The maximum absolute atomic E-state index is 12.4. The van der Waals surface area contributed by atoms with Crippen LogP contribution in [0, 0.1) is 0 Å². The fourth-order valence-electron chi connectivity index (χ4n) is 2.15. The van der Waals surface area contributed by atoms with E-state index in [0.717, 1.165) is 10.2 Å². The Hall–Kier alpha value is -2.52. The van der Waals surface area contributed by atoms with Crippen LogP contribution in [-0.2, 0) is 5.88 Å². The Bertz CT molecular complexity index is 1070. The molecule has 0 spiro atoms. The molecule has 4 rings (SSSR count). The van der Waals surface area contributed by atoms with Gasteiger partial charge in [0.25, 0.3) is 5.56 Å². The molecule has 0 radical (unpaired) electrons. The van der Waals surface area contributed by atoms with Gasteiger partial charge in [-0.2, -0.15) is 4.68 Å². The van der Waals surface area contributed by atoms with Gasteiger partial charge in [0.2, 0.25) is 0 Å². The van der Waals surface area contributed by atoms with Gasteiger partial charge in [-0.05, 0) is 23.6 Å². The number of fused-ring (bicyclic) bond motifs is 2. The third kappa shape index (κ3) is 2.53. The summed E-state index contributed by atoms with van der Waals surface area (Å²) in [5.41, 5.74) is 6.32. The molecular weight excluding hydrogens is 332 g/mol. The molecule has 7 nitrogen and oxygen atoms in total. The first-order valence-electron chi connectivity index (χ1n) is 6.68. The van der Waals surface area contributed by atoms with E-state index < -0.39 is 0 Å². The summed E-state index contributed by atoms with van der Waals surface area (Å²) in [6.07, 6.45) is 0. The van der Waals surface area contributed by atoms with Crippen LogP contribution in [0.15, 0.2) is 45.7 Å². The minimum Gasteiger partial charge on any atom is -0.383 e. The molecule has 0 amide bonds. The normalized spacial score (nSPS) is 11.3. The summed E-state index contributed by atoms with van der Waals surface area (Å²) in [4.78, 5) is 21.9. The number of nitrogens with two attached hydrogens (primary N) is 1. The Morgan fingerprint density at radius 2 is 2.04 bits per heavy atom. The molecule has 0 saturated carbocycles. The van der Waals surface area contributed by atoms with Crippen molar-refractivity contribution in [1.29, 1.82) is 0 Å². The van der Waals surface area contributed by atoms with Gasteiger partial charge < -0.3 is 5.73 Å². The molecule has 1 aromatic carbocycles. The number of thioether (sulfide) groups is 1. The standard InChI is InChI=1S/C14H10N6OS2/c15-11-9-5-6-22-12(9)17-14(16-11)23-7-20-13(21)8-3-1-2-4-10(8)18-19-20/h1-6H,7H2,(H2,15,16,17). The fraction of sp³-hybridized carbons (Fsp3) is 0.0714. The lowest BCUT2D eigenvalue weighted by molar-refractivity contribution is 0.644. The summed E-state index contributed by atoms with van der Waals surface area (Å²) in [6.45, 7) is 0. The van der Waals surface area contributed by atoms with Gasteiger partial charge in [0.1, 0.15) is 16.2 Å². The maximum atomic E-state index is 12.4. The first kappa shape index (κ1) is 14.1. The van der Waals surface area contributed by atoms with Gasteiger partial charge in [-0.1, -0.05) is 29.1 Å². The predicted molar refractivity (Wildman–Crippen MR) is 91.5 cm³/mol. The van der Waals surface area contributed by atoms with Crippen LogP contribution in [0.4, 0.5) is 5.82 Å². The molecule has 3 aromatic heterocycles.